The molecule has 25 heavy (non-hydrogen) atoms. The van der Waals surface area contributed by atoms with Crippen molar-refractivity contribution in [3.8, 4) is 0 Å². The summed E-state index contributed by atoms with van der Waals surface area (Å²) < 4.78 is 0. The number of halogens is 1. The van der Waals surface area contributed by atoms with Gasteiger partial charge in [0.05, 0.1) is 0 Å². The zero-order valence-electron chi connectivity index (χ0n) is 15.3. The molecule has 0 radical (unpaired) electrons. The van der Waals surface area contributed by atoms with Crippen molar-refractivity contribution >= 4 is 24.2 Å². The van der Waals surface area contributed by atoms with Gasteiger partial charge in [0.1, 0.15) is 6.04 Å². The summed E-state index contributed by atoms with van der Waals surface area (Å²) in [6, 6.07) is 7.09. The van der Waals surface area contributed by atoms with Gasteiger partial charge in [-0.15, -0.1) is 12.4 Å². The second-order valence-electron chi connectivity index (χ2n) is 7.02. The highest BCUT2D eigenvalue weighted by Crippen LogP contribution is 2.11. The molecule has 1 saturated heterocycles. The molecule has 0 bridgehead atoms. The molecule has 2 amide bonds. The first-order valence-corrected chi connectivity index (χ1v) is 8.85. The number of piperidine rings is 1. The molecule has 0 saturated carbocycles. The molecule has 2 rings (SSSR count). The first-order chi connectivity index (χ1) is 11.5. The van der Waals surface area contributed by atoms with Gasteiger partial charge in [0, 0.05) is 18.2 Å². The first kappa shape index (κ1) is 21.5. The van der Waals surface area contributed by atoms with Crippen LogP contribution in [0.5, 0.6) is 0 Å². The lowest BCUT2D eigenvalue weighted by Gasteiger charge is -2.27. The van der Waals surface area contributed by atoms with Crippen LogP contribution >= 0.6 is 12.4 Å². The molecule has 2 unspecified atom stereocenters. The second-order valence-corrected chi connectivity index (χ2v) is 7.02. The number of nitrogens with one attached hydrogen (secondary N) is 3. The Balaban J connectivity index is 0.00000312. The number of benzene rings is 1. The number of aryl methyl sites for hydroxylation is 1. The van der Waals surface area contributed by atoms with Crippen LogP contribution in [0.25, 0.3) is 0 Å². The Kier molecular flexibility index (Phi) is 8.93. The summed E-state index contributed by atoms with van der Waals surface area (Å²) in [6.45, 7) is 7.82. The zero-order chi connectivity index (χ0) is 17.5. The Bertz CT molecular complexity index is 572. The number of hydrogen-bond acceptors (Lipinski definition) is 3. The van der Waals surface area contributed by atoms with Gasteiger partial charge in [0.15, 0.2) is 0 Å². The Hall–Kier alpha value is -1.59. The van der Waals surface area contributed by atoms with Crippen LogP contribution in [0.2, 0.25) is 0 Å². The molecule has 0 spiro atoms. The maximum atomic E-state index is 12.6. The highest BCUT2D eigenvalue weighted by molar-refractivity contribution is 5.98. The fourth-order valence-electron chi connectivity index (χ4n) is 3.04. The molecule has 1 aliphatic heterocycles. The van der Waals surface area contributed by atoms with E-state index in [0.29, 0.717) is 17.9 Å². The fraction of sp³-hybridized carbons (Fsp3) is 0.579. The minimum atomic E-state index is -0.501. The predicted molar refractivity (Wildman–Crippen MR) is 103 cm³/mol. The van der Waals surface area contributed by atoms with Crippen molar-refractivity contribution in [3.05, 3.63) is 35.4 Å². The normalized spacial score (nSPS) is 18.2. The van der Waals surface area contributed by atoms with Crippen LogP contribution in [0.1, 0.15) is 49.0 Å². The predicted octanol–water partition coefficient (Wildman–Crippen LogP) is 2.43. The number of hydrogen-bond donors (Lipinski definition) is 3. The standard InChI is InChI=1S/C19H29N3O2.ClH/c1-13(2)11-17(19(24)21-15-8-6-10-20-12-15)22-18(23)16-9-5-4-7-14(16)3;/h4-5,7,9,13,15,17,20H,6,8,10-12H2,1-3H3,(H,21,24)(H,22,23);1H. The number of amides is 2. The molecule has 1 aromatic carbocycles. The van der Waals surface area contributed by atoms with E-state index in [1.54, 1.807) is 6.07 Å². The molecule has 3 N–H and O–H groups in total. The van der Waals surface area contributed by atoms with Crippen LogP contribution in [-0.2, 0) is 4.79 Å². The molecule has 140 valence electrons. The third-order valence-electron chi connectivity index (χ3n) is 4.36. The lowest BCUT2D eigenvalue weighted by molar-refractivity contribution is -0.124. The smallest absolute Gasteiger partial charge is 0.252 e. The largest absolute Gasteiger partial charge is 0.350 e. The van der Waals surface area contributed by atoms with Gasteiger partial charge in [-0.25, -0.2) is 0 Å². The summed E-state index contributed by atoms with van der Waals surface area (Å²) in [6.07, 6.45) is 2.68. The Morgan fingerprint density at radius 3 is 2.60 bits per heavy atom. The molecule has 0 aliphatic carbocycles. The number of carbonyl (C=O) groups is 2. The third kappa shape index (κ3) is 6.67. The van der Waals surface area contributed by atoms with Gasteiger partial charge < -0.3 is 16.0 Å². The average Bonchev–Trinajstić information content (AvgIpc) is 2.55. The average molecular weight is 368 g/mol. The summed E-state index contributed by atoms with van der Waals surface area (Å²) in [5.74, 6) is 0.0532. The number of carbonyl (C=O) groups excluding carboxylic acids is 2. The van der Waals surface area contributed by atoms with Gasteiger partial charge in [-0.2, -0.15) is 0 Å². The summed E-state index contributed by atoms with van der Waals surface area (Å²) >= 11 is 0. The molecule has 2 atom stereocenters. The van der Waals surface area contributed by atoms with Crippen molar-refractivity contribution in [1.82, 2.24) is 16.0 Å². The molecule has 1 fully saturated rings. The van der Waals surface area contributed by atoms with Crippen LogP contribution in [0.15, 0.2) is 24.3 Å². The van der Waals surface area contributed by atoms with Crippen LogP contribution in [0.3, 0.4) is 0 Å². The van der Waals surface area contributed by atoms with E-state index < -0.39 is 6.04 Å². The van der Waals surface area contributed by atoms with E-state index in [0.717, 1.165) is 31.5 Å². The Morgan fingerprint density at radius 1 is 1.28 bits per heavy atom. The molecule has 1 aliphatic rings. The summed E-state index contributed by atoms with van der Waals surface area (Å²) in [4.78, 5) is 25.2. The van der Waals surface area contributed by atoms with Gasteiger partial charge >= 0.3 is 0 Å². The molecule has 0 aromatic heterocycles. The Labute approximate surface area is 156 Å². The van der Waals surface area contributed by atoms with Crippen molar-refractivity contribution < 1.29 is 9.59 Å². The summed E-state index contributed by atoms with van der Waals surface area (Å²) in [5.41, 5.74) is 1.54. The zero-order valence-corrected chi connectivity index (χ0v) is 16.1. The van der Waals surface area contributed by atoms with Crippen molar-refractivity contribution in [2.24, 2.45) is 5.92 Å². The van der Waals surface area contributed by atoms with Crippen molar-refractivity contribution in [3.63, 3.8) is 0 Å². The van der Waals surface area contributed by atoms with Gasteiger partial charge in [0.25, 0.3) is 5.91 Å². The highest BCUT2D eigenvalue weighted by Gasteiger charge is 2.25. The van der Waals surface area contributed by atoms with E-state index in [2.05, 4.69) is 29.8 Å². The van der Waals surface area contributed by atoms with E-state index in [1.165, 1.54) is 0 Å². The van der Waals surface area contributed by atoms with Crippen LogP contribution in [0.4, 0.5) is 0 Å². The minimum absolute atomic E-state index is 0. The highest BCUT2D eigenvalue weighted by atomic mass is 35.5. The number of rotatable bonds is 6. The van der Waals surface area contributed by atoms with E-state index in [1.807, 2.05) is 25.1 Å². The van der Waals surface area contributed by atoms with Gasteiger partial charge in [-0.1, -0.05) is 32.0 Å². The summed E-state index contributed by atoms with van der Waals surface area (Å²) in [7, 11) is 0. The van der Waals surface area contributed by atoms with Gasteiger partial charge in [-0.3, -0.25) is 9.59 Å². The molecule has 1 heterocycles. The van der Waals surface area contributed by atoms with Gasteiger partial charge in [-0.05, 0) is 50.3 Å². The van der Waals surface area contributed by atoms with Crippen LogP contribution in [0, 0.1) is 12.8 Å². The fourth-order valence-corrected chi connectivity index (χ4v) is 3.04. The second kappa shape index (κ2) is 10.4. The van der Waals surface area contributed by atoms with Crippen LogP contribution < -0.4 is 16.0 Å². The maximum absolute atomic E-state index is 12.6. The van der Waals surface area contributed by atoms with E-state index in [9.17, 15) is 9.59 Å². The topological polar surface area (TPSA) is 70.2 Å². The molecular weight excluding hydrogens is 338 g/mol. The molecule has 6 heteroatoms. The molecule has 1 aromatic rings. The van der Waals surface area contributed by atoms with Crippen molar-refractivity contribution in [1.29, 1.82) is 0 Å². The Morgan fingerprint density at radius 2 is 2.00 bits per heavy atom. The van der Waals surface area contributed by atoms with E-state index in [-0.39, 0.29) is 30.3 Å². The van der Waals surface area contributed by atoms with Crippen molar-refractivity contribution in [2.45, 2.75) is 52.1 Å². The lowest BCUT2D eigenvalue weighted by atomic mass is 10.0. The van der Waals surface area contributed by atoms with E-state index >= 15 is 0 Å². The third-order valence-corrected chi connectivity index (χ3v) is 4.36. The quantitative estimate of drug-likeness (QED) is 0.723. The van der Waals surface area contributed by atoms with Gasteiger partial charge in [0.2, 0.25) is 5.91 Å². The monoisotopic (exact) mass is 367 g/mol. The lowest BCUT2D eigenvalue weighted by Crippen LogP contribution is -2.53. The first-order valence-electron chi connectivity index (χ1n) is 8.85. The maximum Gasteiger partial charge on any atom is 0.252 e. The SMILES string of the molecule is Cc1ccccc1C(=O)NC(CC(C)C)C(=O)NC1CCCNC1.Cl. The van der Waals surface area contributed by atoms with Crippen molar-refractivity contribution in [2.75, 3.05) is 13.1 Å². The van der Waals surface area contributed by atoms with Crippen LogP contribution in [-0.4, -0.2) is 37.0 Å². The molecule has 5 nitrogen and oxygen atoms in total. The minimum Gasteiger partial charge on any atom is -0.350 e. The van der Waals surface area contributed by atoms with E-state index in [4.69, 9.17) is 0 Å². The summed E-state index contributed by atoms with van der Waals surface area (Å²) in [5, 5.41) is 9.29. The molecular formula is C19H30ClN3O2.